The molecule has 154 valence electrons. The van der Waals surface area contributed by atoms with Crippen molar-refractivity contribution in [2.45, 2.75) is 6.92 Å². The van der Waals surface area contributed by atoms with Gasteiger partial charge in [0.05, 0.1) is 11.3 Å². The van der Waals surface area contributed by atoms with Crippen LogP contribution in [-0.4, -0.2) is 35.6 Å². The van der Waals surface area contributed by atoms with Crippen molar-refractivity contribution in [3.05, 3.63) is 81.9 Å². The molecule has 6 N–H and O–H groups in total. The number of allylic oxidation sites excluding steroid dienone is 2. The Morgan fingerprint density at radius 2 is 1.87 bits per heavy atom. The maximum Gasteiger partial charge on any atom is 0.253 e. The van der Waals surface area contributed by atoms with Crippen LogP contribution in [0.1, 0.15) is 28.4 Å². The molecule has 0 aliphatic rings. The van der Waals surface area contributed by atoms with Gasteiger partial charge in [-0.1, -0.05) is 30.0 Å². The van der Waals surface area contributed by atoms with Crippen LogP contribution >= 0.6 is 11.6 Å². The summed E-state index contributed by atoms with van der Waals surface area (Å²) < 4.78 is 0. The lowest BCUT2D eigenvalue weighted by Crippen LogP contribution is -2.22. The summed E-state index contributed by atoms with van der Waals surface area (Å²) in [5.41, 5.74) is 20.2. The van der Waals surface area contributed by atoms with Crippen LogP contribution in [0.3, 0.4) is 0 Å². The van der Waals surface area contributed by atoms with Gasteiger partial charge in [0.25, 0.3) is 5.91 Å². The molecule has 7 nitrogen and oxygen atoms in total. The Balaban J connectivity index is 2.64. The number of rotatable bonds is 4. The van der Waals surface area contributed by atoms with Crippen LogP contribution in [0.5, 0.6) is 0 Å². The van der Waals surface area contributed by atoms with Gasteiger partial charge in [0.2, 0.25) is 0 Å². The minimum atomic E-state index is -0.210. The normalized spacial score (nSPS) is 11.8. The Labute approximate surface area is 180 Å². The average Bonchev–Trinajstić information content (AvgIpc) is 2.67. The lowest BCUT2D eigenvalue weighted by atomic mass is 9.98. The van der Waals surface area contributed by atoms with E-state index < -0.39 is 0 Å². The Morgan fingerprint density at radius 3 is 2.40 bits per heavy atom. The zero-order valence-corrected chi connectivity index (χ0v) is 17.8. The van der Waals surface area contributed by atoms with E-state index in [1.54, 1.807) is 57.5 Å². The maximum absolute atomic E-state index is 12.4. The number of carbonyl (C=O) groups is 1. The van der Waals surface area contributed by atoms with Gasteiger partial charge in [0.15, 0.2) is 0 Å². The number of nitrogens with two attached hydrogens (primary N) is 3. The van der Waals surface area contributed by atoms with Crippen molar-refractivity contribution in [3.8, 4) is 11.8 Å². The van der Waals surface area contributed by atoms with Crippen LogP contribution in [0.25, 0.3) is 0 Å². The van der Waals surface area contributed by atoms with Crippen molar-refractivity contribution in [3.63, 3.8) is 0 Å². The minimum absolute atomic E-state index is 0.0557. The van der Waals surface area contributed by atoms with Crippen molar-refractivity contribution in [1.29, 1.82) is 0 Å². The molecule has 0 spiro atoms. The van der Waals surface area contributed by atoms with E-state index in [9.17, 15) is 4.79 Å². The highest BCUT2D eigenvalue weighted by Crippen LogP contribution is 2.21. The van der Waals surface area contributed by atoms with Crippen molar-refractivity contribution in [1.82, 2.24) is 9.88 Å². The van der Waals surface area contributed by atoms with Crippen molar-refractivity contribution >= 4 is 29.0 Å². The van der Waals surface area contributed by atoms with Crippen molar-refractivity contribution in [2.24, 2.45) is 16.5 Å². The summed E-state index contributed by atoms with van der Waals surface area (Å²) in [7, 11) is 3.31. The van der Waals surface area contributed by atoms with E-state index in [1.165, 1.54) is 4.90 Å². The molecule has 2 rings (SSSR count). The van der Waals surface area contributed by atoms with Gasteiger partial charge in [0.1, 0.15) is 11.6 Å². The standard InChI is InChI=1S/C22H23ClN6O/c1-13(24)19(7-5-15-6-8-20(26)27-12-15)21(28-14(2)25)16-9-17(11-18(23)10-16)22(30)29(3)4/h6,8-12H,2,24-25H2,1,3-4H3,(H2,26,27)/b19-13-,28-21?. The predicted octanol–water partition coefficient (Wildman–Crippen LogP) is 2.52. The van der Waals surface area contributed by atoms with Gasteiger partial charge in [-0.3, -0.25) is 4.79 Å². The molecule has 0 radical (unpaired) electrons. The molecule has 0 aliphatic carbocycles. The molecule has 0 atom stereocenters. The molecule has 0 fully saturated rings. The lowest BCUT2D eigenvalue weighted by Gasteiger charge is -2.14. The first-order valence-corrected chi connectivity index (χ1v) is 9.22. The van der Waals surface area contributed by atoms with Crippen LogP contribution in [0.2, 0.25) is 5.02 Å². The third-order valence-corrected chi connectivity index (χ3v) is 4.05. The van der Waals surface area contributed by atoms with E-state index in [-0.39, 0.29) is 11.7 Å². The number of pyridine rings is 1. The highest BCUT2D eigenvalue weighted by Gasteiger charge is 2.16. The van der Waals surface area contributed by atoms with E-state index in [0.717, 1.165) is 0 Å². The molecule has 1 aromatic carbocycles. The quantitative estimate of drug-likeness (QED) is 0.516. The monoisotopic (exact) mass is 422 g/mol. The fourth-order valence-corrected chi connectivity index (χ4v) is 2.71. The third-order valence-electron chi connectivity index (χ3n) is 3.83. The SMILES string of the molecule is C=C(N)N=C(/C(C#Cc1ccc(N)nc1)=C(/C)N)c1cc(Cl)cc(C(=O)N(C)C)c1. The molecule has 1 heterocycles. The van der Waals surface area contributed by atoms with Crippen LogP contribution in [0.15, 0.2) is 65.2 Å². The Kier molecular flexibility index (Phi) is 7.23. The Hall–Kier alpha value is -3.76. The number of nitrogen functional groups attached to an aromatic ring is 1. The second kappa shape index (κ2) is 9.63. The molecular formula is C22H23ClN6O. The van der Waals surface area contributed by atoms with Crippen molar-refractivity contribution in [2.75, 3.05) is 19.8 Å². The van der Waals surface area contributed by atoms with E-state index in [0.29, 0.717) is 44.5 Å². The number of nitrogens with zero attached hydrogens (tertiary/aromatic N) is 3. The van der Waals surface area contributed by atoms with E-state index in [2.05, 4.69) is 28.4 Å². The molecule has 0 aliphatic heterocycles. The van der Waals surface area contributed by atoms with Gasteiger partial charge in [-0.2, -0.15) is 0 Å². The average molecular weight is 423 g/mol. The molecule has 1 aromatic heterocycles. The second-order valence-electron chi connectivity index (χ2n) is 6.66. The number of benzene rings is 1. The first-order valence-electron chi connectivity index (χ1n) is 8.84. The molecule has 0 bridgehead atoms. The number of hydrogen-bond donors (Lipinski definition) is 3. The minimum Gasteiger partial charge on any atom is -0.401 e. The molecule has 1 amide bonds. The molecule has 2 aromatic rings. The van der Waals surface area contributed by atoms with Gasteiger partial charge >= 0.3 is 0 Å². The molecule has 0 saturated carbocycles. The number of anilines is 1. The van der Waals surface area contributed by atoms with Gasteiger partial charge in [-0.05, 0) is 37.3 Å². The summed E-state index contributed by atoms with van der Waals surface area (Å²) in [6.45, 7) is 5.34. The lowest BCUT2D eigenvalue weighted by molar-refractivity contribution is 0.0827. The highest BCUT2D eigenvalue weighted by atomic mass is 35.5. The largest absolute Gasteiger partial charge is 0.401 e. The maximum atomic E-state index is 12.4. The number of halogens is 1. The summed E-state index contributed by atoms with van der Waals surface area (Å²) >= 11 is 6.27. The smallest absolute Gasteiger partial charge is 0.253 e. The first kappa shape index (κ1) is 22.5. The number of amides is 1. The number of carbonyl (C=O) groups excluding carboxylic acids is 1. The fourth-order valence-electron chi connectivity index (χ4n) is 2.47. The fraction of sp³-hybridized carbons (Fsp3) is 0.136. The summed E-state index contributed by atoms with van der Waals surface area (Å²) in [6, 6.07) is 8.28. The van der Waals surface area contributed by atoms with Crippen LogP contribution in [-0.2, 0) is 0 Å². The van der Waals surface area contributed by atoms with Crippen molar-refractivity contribution < 1.29 is 4.79 Å². The first-order chi connectivity index (χ1) is 14.1. The molecule has 0 unspecified atom stereocenters. The second-order valence-corrected chi connectivity index (χ2v) is 7.10. The van der Waals surface area contributed by atoms with Gasteiger partial charge in [-0.25, -0.2) is 9.98 Å². The topological polar surface area (TPSA) is 124 Å². The van der Waals surface area contributed by atoms with E-state index in [1.807, 2.05) is 0 Å². The van der Waals surface area contributed by atoms with Gasteiger partial charge < -0.3 is 22.1 Å². The zero-order valence-electron chi connectivity index (χ0n) is 17.0. The highest BCUT2D eigenvalue weighted by molar-refractivity contribution is 6.32. The summed E-state index contributed by atoms with van der Waals surface area (Å²) in [6.07, 6.45) is 1.55. The summed E-state index contributed by atoms with van der Waals surface area (Å²) in [5.74, 6) is 6.23. The van der Waals surface area contributed by atoms with Crippen LogP contribution in [0.4, 0.5) is 5.82 Å². The van der Waals surface area contributed by atoms with Crippen LogP contribution in [0, 0.1) is 11.8 Å². The predicted molar refractivity (Wildman–Crippen MR) is 122 cm³/mol. The number of hydrogen-bond acceptors (Lipinski definition) is 6. The zero-order chi connectivity index (χ0) is 22.4. The van der Waals surface area contributed by atoms with Gasteiger partial charge in [-0.15, -0.1) is 0 Å². The molecule has 0 saturated heterocycles. The summed E-state index contributed by atoms with van der Waals surface area (Å²) in [4.78, 5) is 22.2. The van der Waals surface area contributed by atoms with E-state index in [4.69, 9.17) is 28.8 Å². The number of aromatic nitrogens is 1. The molecule has 8 heteroatoms. The Morgan fingerprint density at radius 1 is 1.20 bits per heavy atom. The van der Waals surface area contributed by atoms with E-state index >= 15 is 0 Å². The van der Waals surface area contributed by atoms with Crippen LogP contribution < -0.4 is 17.2 Å². The third kappa shape index (κ3) is 5.87. The molecule has 30 heavy (non-hydrogen) atoms. The summed E-state index contributed by atoms with van der Waals surface area (Å²) in [5, 5.41) is 0.359. The molecular weight excluding hydrogens is 400 g/mol. The van der Waals surface area contributed by atoms with Gasteiger partial charge in [0, 0.05) is 47.7 Å². The number of aliphatic imine (C=N–C) groups is 1. The Bertz CT molecular complexity index is 1100.